The predicted octanol–water partition coefficient (Wildman–Crippen LogP) is 1.03. The van der Waals surface area contributed by atoms with Crippen LogP contribution in [0.1, 0.15) is 71.9 Å². The number of ether oxygens (including phenoxy) is 1. The highest BCUT2D eigenvalue weighted by Crippen LogP contribution is 2.61. The second-order valence-corrected chi connectivity index (χ2v) is 18.8. The third kappa shape index (κ3) is 15.9. The monoisotopic (exact) mass is 893 g/mol. The van der Waals surface area contributed by atoms with Gasteiger partial charge < -0.3 is 50.9 Å². The second kappa shape index (κ2) is 21.7. The fourth-order valence-corrected chi connectivity index (χ4v) is 8.79. The Labute approximate surface area is 331 Å². The van der Waals surface area contributed by atoms with Gasteiger partial charge >= 0.3 is 23.5 Å². The molecule has 0 radical (unpaired) electrons. The number of nitrogen functional groups attached to an aromatic ring is 1. The van der Waals surface area contributed by atoms with E-state index in [2.05, 4.69) is 41.3 Å². The van der Waals surface area contributed by atoms with Gasteiger partial charge in [-0.2, -0.15) is 4.31 Å². The number of hydrogen-bond acceptors (Lipinski definition) is 18. The van der Waals surface area contributed by atoms with Crippen molar-refractivity contribution in [2.45, 2.75) is 96.4 Å². The summed E-state index contributed by atoms with van der Waals surface area (Å²) in [5.41, 5.74) is 4.27. The van der Waals surface area contributed by atoms with Crippen molar-refractivity contribution in [1.29, 1.82) is 0 Å². The molecule has 10 N–H and O–H groups in total. The Morgan fingerprint density at radius 1 is 1.00 bits per heavy atom. The topological polar surface area (TPSA) is 364 Å². The number of aromatic nitrogens is 4. The smallest absolute Gasteiger partial charge is 0.386 e. The van der Waals surface area contributed by atoms with Crippen LogP contribution in [-0.2, 0) is 50.7 Å². The zero-order chi connectivity index (χ0) is 42.6. The summed E-state index contributed by atoms with van der Waals surface area (Å²) >= 11 is 1.13. The van der Waals surface area contributed by atoms with Gasteiger partial charge in [0.15, 0.2) is 22.8 Å². The molecule has 2 amide bonds. The van der Waals surface area contributed by atoms with Crippen molar-refractivity contribution < 1.29 is 80.5 Å². The Hall–Kier alpha value is -2.44. The fourth-order valence-electron chi connectivity index (χ4n) is 5.24. The molecule has 324 valence electrons. The van der Waals surface area contributed by atoms with Crippen molar-refractivity contribution in [3.63, 3.8) is 0 Å². The number of aliphatic hydroxyl groups excluding tert-OH is 2. The van der Waals surface area contributed by atoms with E-state index < -0.39 is 84.6 Å². The van der Waals surface area contributed by atoms with Gasteiger partial charge in [-0.25, -0.2) is 28.6 Å². The Kier molecular flexibility index (Phi) is 18.6. The average molecular weight is 894 g/mol. The van der Waals surface area contributed by atoms with Crippen LogP contribution >= 0.6 is 35.2 Å². The number of carbonyl (C=O) groups excluding carboxylic acids is 3. The summed E-state index contributed by atoms with van der Waals surface area (Å²) in [4.78, 5) is 87.6. The van der Waals surface area contributed by atoms with Gasteiger partial charge in [-0.05, 0) is 6.42 Å². The van der Waals surface area contributed by atoms with Crippen LogP contribution < -0.4 is 16.4 Å². The van der Waals surface area contributed by atoms with Gasteiger partial charge in [0, 0.05) is 37.1 Å². The number of fused-ring (bicyclic) bond motifs is 1. The Bertz CT molecular complexity index is 1820. The van der Waals surface area contributed by atoms with Gasteiger partial charge in [0.2, 0.25) is 11.8 Å². The van der Waals surface area contributed by atoms with Gasteiger partial charge in [-0.1, -0.05) is 58.2 Å². The molecule has 0 aromatic carbocycles. The third-order valence-electron chi connectivity index (χ3n) is 8.25. The highest BCUT2D eigenvalue weighted by Gasteiger charge is 2.50. The molecule has 28 heteroatoms. The number of rotatable bonds is 25. The minimum atomic E-state index is -5.57. The summed E-state index contributed by atoms with van der Waals surface area (Å²) in [7, 11) is -16.4. The van der Waals surface area contributed by atoms with Crippen molar-refractivity contribution >= 4 is 69.1 Å². The number of nitrogens with two attached hydrogens (primary N) is 1. The summed E-state index contributed by atoms with van der Waals surface area (Å²) in [6.45, 7) is 2.67. The summed E-state index contributed by atoms with van der Waals surface area (Å²) in [6, 6.07) is 0. The van der Waals surface area contributed by atoms with Crippen LogP contribution in [-0.4, -0.2) is 123 Å². The number of phosphoric ester groups is 3. The number of carbonyl (C=O) groups is 3. The number of amides is 2. The predicted molar refractivity (Wildman–Crippen MR) is 200 cm³/mol. The zero-order valence-electron chi connectivity index (χ0n) is 31.3. The van der Waals surface area contributed by atoms with E-state index in [1.54, 1.807) is 0 Å². The summed E-state index contributed by atoms with van der Waals surface area (Å²) in [5.74, 6) is -1.03. The fraction of sp³-hybridized carbons (Fsp3) is 0.724. The molecule has 3 unspecified atom stereocenters. The van der Waals surface area contributed by atoms with E-state index in [1.165, 1.54) is 13.8 Å². The molecule has 3 heterocycles. The quantitative estimate of drug-likeness (QED) is 0.0496. The average Bonchev–Trinajstić information content (AvgIpc) is 3.68. The van der Waals surface area contributed by atoms with E-state index >= 15 is 0 Å². The number of nitrogens with zero attached hydrogens (tertiary/aromatic N) is 4. The molecule has 1 fully saturated rings. The molecule has 1 aliphatic rings. The summed E-state index contributed by atoms with van der Waals surface area (Å²) in [6.07, 6.45) is -1.22. The lowest BCUT2D eigenvalue weighted by atomic mass is 9.87. The van der Waals surface area contributed by atoms with Crippen LogP contribution in [0.4, 0.5) is 5.82 Å². The molecule has 2 aromatic heterocycles. The van der Waals surface area contributed by atoms with Gasteiger partial charge in [-0.3, -0.25) is 32.5 Å². The number of aliphatic hydroxyl groups is 2. The summed E-state index contributed by atoms with van der Waals surface area (Å²) in [5, 5.41) is 26.5. The van der Waals surface area contributed by atoms with Crippen LogP contribution in [0, 0.1) is 5.41 Å². The Morgan fingerprint density at radius 2 is 1.68 bits per heavy atom. The number of phosphoric acid groups is 3. The molecule has 0 saturated carbocycles. The first-order valence-corrected chi connectivity index (χ1v) is 23.1. The van der Waals surface area contributed by atoms with Crippen LogP contribution in [0.5, 0.6) is 0 Å². The first kappa shape index (κ1) is 48.9. The molecule has 24 nitrogen and oxygen atoms in total. The van der Waals surface area contributed by atoms with Crippen molar-refractivity contribution in [1.82, 2.24) is 30.2 Å². The standard InChI is InChI=1S/C29H50N7O17P3S/c1-4-5-6-7-8-9-20(38)57-13-12-31-19(37)10-11-32-27(41)24(40)29(2,3)15-50-56(47,48)53-55(45,46)49-14-18-23(52-54(42,43)44)22(39)28(51-18)36-17-35-21-25(30)33-16-34-26(21)36/h16-18,22-24,28,39-40H,4-15H2,1-3H3,(H,31,37)(H,32,41)(H,45,46)(H,47,48)(H2,30,33,34)(H2,42,43,44)/t18-,22?,23+,24-,28-/m1/s1. The molecule has 0 spiro atoms. The van der Waals surface area contributed by atoms with Crippen LogP contribution in [0.15, 0.2) is 12.7 Å². The van der Waals surface area contributed by atoms with Crippen molar-refractivity contribution in [3.05, 3.63) is 12.7 Å². The maximum Gasteiger partial charge on any atom is 0.481 e. The molecular formula is C29H50N7O17P3S. The van der Waals surface area contributed by atoms with Gasteiger partial charge in [0.25, 0.3) is 0 Å². The lowest BCUT2D eigenvalue weighted by Gasteiger charge is -2.30. The van der Waals surface area contributed by atoms with Crippen LogP contribution in [0.2, 0.25) is 0 Å². The molecule has 0 bridgehead atoms. The minimum Gasteiger partial charge on any atom is -0.386 e. The van der Waals surface area contributed by atoms with Crippen molar-refractivity contribution in [3.8, 4) is 0 Å². The molecule has 3 rings (SSSR count). The van der Waals surface area contributed by atoms with Gasteiger partial charge in [0.1, 0.15) is 36.3 Å². The first-order valence-electron chi connectivity index (χ1n) is 17.6. The van der Waals surface area contributed by atoms with Gasteiger partial charge in [0.05, 0.1) is 19.5 Å². The highest BCUT2D eigenvalue weighted by atomic mass is 32.2. The second-order valence-electron chi connectivity index (χ2n) is 13.5. The van der Waals surface area contributed by atoms with E-state index in [1.807, 2.05) is 0 Å². The first-order chi connectivity index (χ1) is 26.6. The van der Waals surface area contributed by atoms with E-state index in [0.717, 1.165) is 61.1 Å². The van der Waals surface area contributed by atoms with Crippen LogP contribution in [0.3, 0.4) is 0 Å². The zero-order valence-corrected chi connectivity index (χ0v) is 34.8. The lowest BCUT2D eigenvalue weighted by molar-refractivity contribution is -0.137. The number of hydrogen-bond donors (Lipinski definition) is 9. The molecule has 7 atom stereocenters. The van der Waals surface area contributed by atoms with Crippen molar-refractivity contribution in [2.75, 3.05) is 37.8 Å². The highest BCUT2D eigenvalue weighted by molar-refractivity contribution is 8.13. The lowest BCUT2D eigenvalue weighted by Crippen LogP contribution is -2.46. The number of imidazole rings is 1. The SMILES string of the molecule is CCCCCCCC(=O)SCCNC(=O)CCNC(=O)[C@@H](O)C(C)(C)COP(=O)(O)OP(=O)(O)OC[C@H]1O[C@@H](n2cnc3c(N)ncnc32)C(O)[C@H]1OP(=O)(O)O. The minimum absolute atomic E-state index is 0.0325. The van der Waals surface area contributed by atoms with E-state index in [0.29, 0.717) is 12.2 Å². The number of anilines is 1. The van der Waals surface area contributed by atoms with E-state index in [9.17, 15) is 57.9 Å². The molecular weight excluding hydrogens is 843 g/mol. The number of thioether (sulfide) groups is 1. The third-order valence-corrected chi connectivity index (χ3v) is 12.3. The normalized spacial score (nSPS) is 21.5. The number of nitrogens with one attached hydrogen (secondary N) is 2. The van der Waals surface area contributed by atoms with Crippen LogP contribution in [0.25, 0.3) is 11.2 Å². The van der Waals surface area contributed by atoms with E-state index in [4.69, 9.17) is 19.5 Å². The summed E-state index contributed by atoms with van der Waals surface area (Å²) < 4.78 is 62.1. The number of unbranched alkanes of at least 4 members (excludes halogenated alkanes) is 4. The maximum absolute atomic E-state index is 12.7. The van der Waals surface area contributed by atoms with E-state index in [-0.39, 0.29) is 41.6 Å². The molecule has 2 aromatic rings. The molecule has 1 aliphatic heterocycles. The molecule has 1 saturated heterocycles. The Balaban J connectivity index is 1.45. The molecule has 57 heavy (non-hydrogen) atoms. The van der Waals surface area contributed by atoms with Gasteiger partial charge in [-0.15, -0.1) is 0 Å². The Morgan fingerprint density at radius 3 is 2.37 bits per heavy atom. The maximum atomic E-state index is 12.7. The largest absolute Gasteiger partial charge is 0.481 e. The molecule has 0 aliphatic carbocycles. The van der Waals surface area contributed by atoms with Crippen molar-refractivity contribution in [2.24, 2.45) is 5.41 Å².